The maximum atomic E-state index is 11.3. The quantitative estimate of drug-likeness (QED) is 0.810. The topological polar surface area (TPSA) is 70.4 Å². The third-order valence-corrected chi connectivity index (χ3v) is 2.83. The van der Waals surface area contributed by atoms with E-state index < -0.39 is 5.97 Å². The van der Waals surface area contributed by atoms with Crippen LogP contribution in [0.1, 0.15) is 36.7 Å². The molecule has 1 heterocycles. The number of benzene rings is 1. The van der Waals surface area contributed by atoms with Crippen LogP contribution < -0.4 is 0 Å². The normalized spacial score (nSPS) is 11.7. The van der Waals surface area contributed by atoms with E-state index in [0.717, 1.165) is 10.9 Å². The van der Waals surface area contributed by atoms with E-state index in [1.807, 2.05) is 20.8 Å². The van der Waals surface area contributed by atoms with Crippen LogP contribution in [-0.4, -0.2) is 21.2 Å². The molecule has 4 nitrogen and oxygen atoms in total. The monoisotopic (exact) mass is 245 g/mol. The first-order valence-corrected chi connectivity index (χ1v) is 5.66. The van der Waals surface area contributed by atoms with Crippen LogP contribution in [0.15, 0.2) is 24.4 Å². The molecule has 0 atom stereocenters. The van der Waals surface area contributed by atoms with Gasteiger partial charge in [0.2, 0.25) is 0 Å². The average Bonchev–Trinajstić information content (AvgIpc) is 2.25. The van der Waals surface area contributed by atoms with Gasteiger partial charge in [0, 0.05) is 17.6 Å². The van der Waals surface area contributed by atoms with Crippen molar-refractivity contribution in [3.8, 4) is 5.75 Å². The number of carboxylic acids is 1. The molecule has 18 heavy (non-hydrogen) atoms. The summed E-state index contributed by atoms with van der Waals surface area (Å²) in [6.07, 6.45) is 1.35. The molecule has 0 aliphatic heterocycles. The predicted molar refractivity (Wildman–Crippen MR) is 69.1 cm³/mol. The molecule has 2 aromatic rings. The number of hydrogen-bond donors (Lipinski definition) is 2. The van der Waals surface area contributed by atoms with Crippen LogP contribution in [0.5, 0.6) is 5.75 Å². The summed E-state index contributed by atoms with van der Waals surface area (Å²) >= 11 is 0. The molecule has 94 valence electrons. The highest BCUT2D eigenvalue weighted by molar-refractivity contribution is 5.97. The van der Waals surface area contributed by atoms with E-state index in [1.165, 1.54) is 12.3 Å². The lowest BCUT2D eigenvalue weighted by molar-refractivity contribution is 0.0694. The third-order valence-electron chi connectivity index (χ3n) is 2.83. The fourth-order valence-corrected chi connectivity index (χ4v) is 2.15. The van der Waals surface area contributed by atoms with Gasteiger partial charge in [-0.05, 0) is 23.1 Å². The lowest BCUT2D eigenvalue weighted by Crippen LogP contribution is -2.18. The Bertz CT molecular complexity index is 627. The maximum Gasteiger partial charge on any atom is 0.337 e. The van der Waals surface area contributed by atoms with E-state index >= 15 is 0 Å². The van der Waals surface area contributed by atoms with E-state index in [0.29, 0.717) is 5.52 Å². The molecule has 0 spiro atoms. The molecule has 0 radical (unpaired) electrons. The van der Waals surface area contributed by atoms with Gasteiger partial charge in [-0.3, -0.25) is 4.98 Å². The van der Waals surface area contributed by atoms with Crippen molar-refractivity contribution >= 4 is 16.9 Å². The molecular weight excluding hydrogens is 230 g/mol. The molecule has 0 saturated carbocycles. The summed E-state index contributed by atoms with van der Waals surface area (Å²) in [5.41, 5.74) is 1.23. The number of aromatic nitrogens is 1. The molecule has 0 fully saturated rings. The van der Waals surface area contributed by atoms with Gasteiger partial charge >= 0.3 is 5.97 Å². The second kappa shape index (κ2) is 3.98. The summed E-state index contributed by atoms with van der Waals surface area (Å²) in [4.78, 5) is 15.4. The maximum absolute atomic E-state index is 11.3. The Morgan fingerprint density at radius 1 is 1.28 bits per heavy atom. The molecule has 1 aromatic carbocycles. The Labute approximate surface area is 105 Å². The molecule has 0 saturated heterocycles. The van der Waals surface area contributed by atoms with Crippen LogP contribution in [0, 0.1) is 0 Å². The first kappa shape index (κ1) is 12.4. The summed E-state index contributed by atoms with van der Waals surface area (Å²) in [6, 6.07) is 4.80. The van der Waals surface area contributed by atoms with Gasteiger partial charge in [-0.1, -0.05) is 20.8 Å². The minimum absolute atomic E-state index is 0.123. The van der Waals surface area contributed by atoms with E-state index in [4.69, 9.17) is 0 Å². The van der Waals surface area contributed by atoms with Gasteiger partial charge in [0.25, 0.3) is 0 Å². The molecule has 0 aliphatic rings. The van der Waals surface area contributed by atoms with Crippen molar-refractivity contribution in [2.24, 2.45) is 0 Å². The van der Waals surface area contributed by atoms with Gasteiger partial charge in [-0.15, -0.1) is 0 Å². The van der Waals surface area contributed by atoms with Crippen molar-refractivity contribution in [3.63, 3.8) is 0 Å². The molecule has 4 heteroatoms. The molecule has 0 bridgehead atoms. The van der Waals surface area contributed by atoms with Crippen LogP contribution in [0.2, 0.25) is 0 Å². The van der Waals surface area contributed by atoms with Crippen LogP contribution >= 0.6 is 0 Å². The zero-order valence-corrected chi connectivity index (χ0v) is 10.6. The van der Waals surface area contributed by atoms with Gasteiger partial charge in [0.05, 0.1) is 11.1 Å². The number of nitrogens with zero attached hydrogens (tertiary/aromatic N) is 1. The third kappa shape index (κ3) is 2.01. The van der Waals surface area contributed by atoms with E-state index in [-0.39, 0.29) is 16.7 Å². The molecule has 1 aromatic heterocycles. The van der Waals surface area contributed by atoms with Crippen molar-refractivity contribution in [3.05, 3.63) is 35.5 Å². The lowest BCUT2D eigenvalue weighted by atomic mass is 9.82. The van der Waals surface area contributed by atoms with Crippen LogP contribution in [-0.2, 0) is 5.41 Å². The predicted octanol–water partition coefficient (Wildman–Crippen LogP) is 2.94. The largest absolute Gasteiger partial charge is 0.508 e. The van der Waals surface area contributed by atoms with E-state index in [9.17, 15) is 15.0 Å². The summed E-state index contributed by atoms with van der Waals surface area (Å²) in [5.74, 6) is -0.861. The minimum atomic E-state index is -0.984. The van der Waals surface area contributed by atoms with Crippen molar-refractivity contribution in [1.82, 2.24) is 4.98 Å². The first-order chi connectivity index (χ1) is 8.30. The Balaban J connectivity index is 2.90. The molecule has 2 rings (SSSR count). The number of hydrogen-bond acceptors (Lipinski definition) is 3. The molecule has 0 amide bonds. The number of carbonyl (C=O) groups is 1. The second-order valence-electron chi connectivity index (χ2n) is 5.30. The highest BCUT2D eigenvalue weighted by Crippen LogP contribution is 2.33. The highest BCUT2D eigenvalue weighted by atomic mass is 16.4. The van der Waals surface area contributed by atoms with E-state index in [2.05, 4.69) is 4.98 Å². The van der Waals surface area contributed by atoms with Gasteiger partial charge < -0.3 is 10.2 Å². The Morgan fingerprint density at radius 2 is 1.94 bits per heavy atom. The SMILES string of the molecule is CC(C)(C)c1c(C(=O)O)cnc2cc(O)ccc12. The molecule has 0 unspecified atom stereocenters. The van der Waals surface area contributed by atoms with Crippen LogP contribution in [0.25, 0.3) is 10.9 Å². The number of fused-ring (bicyclic) bond motifs is 1. The van der Waals surface area contributed by atoms with Crippen LogP contribution in [0.3, 0.4) is 0 Å². The zero-order chi connectivity index (χ0) is 13.5. The van der Waals surface area contributed by atoms with Crippen LogP contribution in [0.4, 0.5) is 0 Å². The summed E-state index contributed by atoms with van der Waals surface area (Å²) in [7, 11) is 0. The van der Waals surface area contributed by atoms with Gasteiger partial charge in [0.1, 0.15) is 5.75 Å². The number of carboxylic acid groups (broad SMARTS) is 1. The molecule has 0 aliphatic carbocycles. The summed E-state index contributed by atoms with van der Waals surface area (Å²) in [6.45, 7) is 5.88. The lowest BCUT2D eigenvalue weighted by Gasteiger charge is -2.23. The number of phenols is 1. The number of rotatable bonds is 1. The number of aromatic carboxylic acids is 1. The molecule has 2 N–H and O–H groups in total. The second-order valence-corrected chi connectivity index (χ2v) is 5.30. The molecular formula is C14H15NO3. The number of phenolic OH excluding ortho intramolecular Hbond substituents is 1. The fourth-order valence-electron chi connectivity index (χ4n) is 2.15. The number of aromatic hydroxyl groups is 1. The fraction of sp³-hybridized carbons (Fsp3) is 0.286. The van der Waals surface area contributed by atoms with E-state index in [1.54, 1.807) is 12.1 Å². The highest BCUT2D eigenvalue weighted by Gasteiger charge is 2.24. The van der Waals surface area contributed by atoms with Crippen molar-refractivity contribution in [2.45, 2.75) is 26.2 Å². The first-order valence-electron chi connectivity index (χ1n) is 5.66. The van der Waals surface area contributed by atoms with Gasteiger partial charge in [-0.2, -0.15) is 0 Å². The Kier molecular flexibility index (Phi) is 2.73. The standard InChI is InChI=1S/C14H15NO3/c1-14(2,3)12-9-5-4-8(16)6-11(9)15-7-10(12)13(17)18/h4-7,16H,1-3H3,(H,17,18). The smallest absolute Gasteiger partial charge is 0.337 e. The van der Waals surface area contributed by atoms with Crippen molar-refractivity contribution in [1.29, 1.82) is 0 Å². The average molecular weight is 245 g/mol. The Hall–Kier alpha value is -2.10. The Morgan fingerprint density at radius 3 is 2.50 bits per heavy atom. The summed E-state index contributed by atoms with van der Waals surface area (Å²) in [5, 5.41) is 19.5. The number of pyridine rings is 1. The zero-order valence-electron chi connectivity index (χ0n) is 10.6. The summed E-state index contributed by atoms with van der Waals surface area (Å²) < 4.78 is 0. The van der Waals surface area contributed by atoms with Crippen molar-refractivity contribution < 1.29 is 15.0 Å². The minimum Gasteiger partial charge on any atom is -0.508 e. The van der Waals surface area contributed by atoms with Crippen molar-refractivity contribution in [2.75, 3.05) is 0 Å². The van der Waals surface area contributed by atoms with Gasteiger partial charge in [0.15, 0.2) is 0 Å². The van der Waals surface area contributed by atoms with Gasteiger partial charge in [-0.25, -0.2) is 4.79 Å².